The molecule has 3 aliphatic heterocycles. The lowest BCUT2D eigenvalue weighted by Crippen LogP contribution is -2.56. The molecule has 0 bridgehead atoms. The smallest absolute Gasteiger partial charge is 0.338 e. The first-order valence-electron chi connectivity index (χ1n) is 16.4. The third-order valence-electron chi connectivity index (χ3n) is 9.12. The molecule has 1 unspecified atom stereocenters. The molecule has 5 rings (SSSR count). The average molecular weight is 720 g/mol. The molecule has 2 saturated heterocycles. The Kier molecular flexibility index (Phi) is 12.1. The first-order chi connectivity index (χ1) is 24.0. The molecule has 1 atom stereocenters. The van der Waals surface area contributed by atoms with E-state index in [4.69, 9.17) is 9.47 Å². The molecule has 0 spiro atoms. The highest BCUT2D eigenvalue weighted by Gasteiger charge is 2.43. The summed E-state index contributed by atoms with van der Waals surface area (Å²) >= 11 is 0. The molecule has 0 radical (unpaired) electrons. The topological polar surface area (TPSA) is 153 Å². The Morgan fingerprint density at radius 3 is 2.32 bits per heavy atom. The van der Waals surface area contributed by atoms with Gasteiger partial charge in [0.1, 0.15) is 10.9 Å². The standard InChI is InChI=1S/C33H43F2N7O7S/c1-39-16-18-41(19-17-39)50(46,47)28-7-5-4-6-27(28)40-14-10-23(11-15-40)36-12-13-37-32(44)42-30(22-8-9-24(34)25(35)20-22)29(31(43)49-3)26(21-48-2)38-33(42)45/h4-9,20,23,30,36H,10-19,21H2,1-3H3,(H,37,44)(H,38,45). The fourth-order valence-corrected chi connectivity index (χ4v) is 8.07. The second-order valence-corrected chi connectivity index (χ2v) is 14.2. The minimum Gasteiger partial charge on any atom is -0.466 e. The van der Waals surface area contributed by atoms with Crippen molar-refractivity contribution in [2.75, 3.05) is 85.1 Å². The number of ether oxygens (including phenoxy) is 2. The quantitative estimate of drug-likeness (QED) is 0.232. The van der Waals surface area contributed by atoms with E-state index in [1.54, 1.807) is 16.4 Å². The van der Waals surface area contributed by atoms with E-state index in [1.807, 2.05) is 19.2 Å². The number of esters is 1. The summed E-state index contributed by atoms with van der Waals surface area (Å²) in [4.78, 5) is 44.8. The maximum absolute atomic E-state index is 14.3. The number of para-hydroxylation sites is 1. The predicted octanol–water partition coefficient (Wildman–Crippen LogP) is 2.01. The lowest BCUT2D eigenvalue weighted by Gasteiger charge is -2.37. The van der Waals surface area contributed by atoms with Crippen LogP contribution in [0, 0.1) is 11.6 Å². The van der Waals surface area contributed by atoms with Crippen LogP contribution in [0.4, 0.5) is 24.1 Å². The highest BCUT2D eigenvalue weighted by atomic mass is 32.2. The van der Waals surface area contributed by atoms with Crippen molar-refractivity contribution >= 4 is 33.7 Å². The largest absolute Gasteiger partial charge is 0.466 e. The van der Waals surface area contributed by atoms with Crippen molar-refractivity contribution in [1.29, 1.82) is 0 Å². The summed E-state index contributed by atoms with van der Waals surface area (Å²) in [5, 5.41) is 8.55. The Labute approximate surface area is 290 Å². The van der Waals surface area contributed by atoms with Crippen molar-refractivity contribution in [3.8, 4) is 0 Å². The van der Waals surface area contributed by atoms with E-state index >= 15 is 0 Å². The molecule has 3 heterocycles. The molecule has 3 N–H and O–H groups in total. The number of nitrogens with one attached hydrogen (secondary N) is 3. The summed E-state index contributed by atoms with van der Waals surface area (Å²) in [5.41, 5.74) is 0.515. The van der Waals surface area contributed by atoms with Gasteiger partial charge in [-0.1, -0.05) is 18.2 Å². The molecule has 3 aliphatic rings. The Bertz CT molecular complexity index is 1710. The Morgan fingerprint density at radius 1 is 0.960 bits per heavy atom. The third kappa shape index (κ3) is 8.07. The number of anilines is 1. The first-order valence-corrected chi connectivity index (χ1v) is 17.8. The van der Waals surface area contributed by atoms with Crippen molar-refractivity contribution in [2.45, 2.75) is 29.8 Å². The van der Waals surface area contributed by atoms with Gasteiger partial charge in [-0.3, -0.25) is 0 Å². The zero-order valence-electron chi connectivity index (χ0n) is 28.3. The van der Waals surface area contributed by atoms with Gasteiger partial charge in [-0.05, 0) is 49.7 Å². The van der Waals surface area contributed by atoms with Crippen molar-refractivity contribution in [3.05, 3.63) is 70.9 Å². The van der Waals surface area contributed by atoms with Crippen molar-refractivity contribution in [2.24, 2.45) is 0 Å². The number of sulfonamides is 1. The fourth-order valence-electron chi connectivity index (χ4n) is 6.44. The van der Waals surface area contributed by atoms with Crippen molar-refractivity contribution < 1.29 is 41.1 Å². The maximum Gasteiger partial charge on any atom is 0.338 e. The number of piperidine rings is 1. The van der Waals surface area contributed by atoms with Crippen LogP contribution < -0.4 is 20.9 Å². The molecule has 50 heavy (non-hydrogen) atoms. The second-order valence-electron chi connectivity index (χ2n) is 12.3. The minimum atomic E-state index is -3.65. The van der Waals surface area contributed by atoms with Crippen LogP contribution in [-0.4, -0.2) is 127 Å². The monoisotopic (exact) mass is 719 g/mol. The van der Waals surface area contributed by atoms with Crippen molar-refractivity contribution in [1.82, 2.24) is 30.1 Å². The van der Waals surface area contributed by atoms with Gasteiger partial charge in [0.25, 0.3) is 0 Å². The highest BCUT2D eigenvalue weighted by molar-refractivity contribution is 7.89. The minimum absolute atomic E-state index is 0.0225. The van der Waals surface area contributed by atoms with E-state index in [-0.39, 0.29) is 36.0 Å². The molecule has 0 saturated carbocycles. The van der Waals surface area contributed by atoms with Gasteiger partial charge in [0.05, 0.1) is 30.7 Å². The SMILES string of the molecule is COCC1=C(C(=O)OC)C(c2ccc(F)c(F)c2)N(C(=O)NCCNC2CCN(c3ccccc3S(=O)(=O)N3CCN(C)CC3)CC2)C(=O)N1. The number of methoxy groups -OCH3 is 2. The molecule has 14 nitrogen and oxygen atoms in total. The van der Waals surface area contributed by atoms with Gasteiger partial charge in [0.15, 0.2) is 11.6 Å². The number of amides is 4. The van der Waals surface area contributed by atoms with Crippen LogP contribution in [0.5, 0.6) is 0 Å². The van der Waals surface area contributed by atoms with Gasteiger partial charge < -0.3 is 35.2 Å². The zero-order chi connectivity index (χ0) is 36.0. The Balaban J connectivity index is 1.20. The number of hydrogen-bond acceptors (Lipinski definition) is 10. The van der Waals surface area contributed by atoms with Gasteiger partial charge in [-0.15, -0.1) is 0 Å². The number of urea groups is 2. The van der Waals surface area contributed by atoms with Crippen molar-refractivity contribution in [3.63, 3.8) is 0 Å². The van der Waals surface area contributed by atoms with E-state index < -0.39 is 45.7 Å². The normalized spacial score (nSPS) is 19.8. The number of piperazine rings is 1. The molecule has 2 aromatic carbocycles. The van der Waals surface area contributed by atoms with Crippen LogP contribution in [0.3, 0.4) is 0 Å². The van der Waals surface area contributed by atoms with Gasteiger partial charge in [0, 0.05) is 65.5 Å². The summed E-state index contributed by atoms with van der Waals surface area (Å²) in [6.07, 6.45) is 1.44. The lowest BCUT2D eigenvalue weighted by molar-refractivity contribution is -0.137. The molecular formula is C33H43F2N7O7S. The summed E-state index contributed by atoms with van der Waals surface area (Å²) < 4.78 is 66.9. The van der Waals surface area contributed by atoms with Crippen LogP contribution in [0.1, 0.15) is 24.4 Å². The zero-order valence-corrected chi connectivity index (χ0v) is 29.1. The summed E-state index contributed by atoms with van der Waals surface area (Å²) in [6, 6.07) is 6.83. The lowest BCUT2D eigenvalue weighted by atomic mass is 9.93. The molecule has 2 fully saturated rings. The molecule has 0 aromatic heterocycles. The van der Waals surface area contributed by atoms with E-state index in [0.717, 1.165) is 37.0 Å². The molecule has 272 valence electrons. The number of carbonyl (C=O) groups is 3. The third-order valence-corrected chi connectivity index (χ3v) is 11.1. The van der Waals surface area contributed by atoms with Crippen LogP contribution in [-0.2, 0) is 24.3 Å². The van der Waals surface area contributed by atoms with E-state index in [1.165, 1.54) is 13.2 Å². The number of rotatable bonds is 11. The first kappa shape index (κ1) is 37.1. The summed E-state index contributed by atoms with van der Waals surface area (Å²) in [7, 11) is 0.786. The number of halogens is 2. The van der Waals surface area contributed by atoms with Gasteiger partial charge in [-0.25, -0.2) is 36.5 Å². The number of imide groups is 1. The number of carbonyl (C=O) groups excluding carboxylic acids is 3. The number of likely N-dealkylation sites (N-methyl/N-ethyl adjacent to an activating group) is 1. The molecule has 2 aromatic rings. The average Bonchev–Trinajstić information content (AvgIpc) is 3.11. The molecule has 17 heteroatoms. The predicted molar refractivity (Wildman–Crippen MR) is 180 cm³/mol. The van der Waals surface area contributed by atoms with E-state index in [9.17, 15) is 31.6 Å². The maximum atomic E-state index is 14.3. The number of benzene rings is 2. The Morgan fingerprint density at radius 2 is 1.66 bits per heavy atom. The number of hydrogen-bond donors (Lipinski definition) is 3. The van der Waals surface area contributed by atoms with E-state index in [0.29, 0.717) is 56.4 Å². The molecule has 4 amide bonds. The Hall–Kier alpha value is -4.16. The number of nitrogens with zero attached hydrogens (tertiary/aromatic N) is 4. The van der Waals surface area contributed by atoms with E-state index in [2.05, 4.69) is 25.8 Å². The second kappa shape index (κ2) is 16.2. The van der Waals surface area contributed by atoms with Crippen LogP contribution >= 0.6 is 0 Å². The van der Waals surface area contributed by atoms with Crippen LogP contribution in [0.2, 0.25) is 0 Å². The summed E-state index contributed by atoms with van der Waals surface area (Å²) in [5.74, 6) is -3.25. The van der Waals surface area contributed by atoms with Gasteiger partial charge in [0.2, 0.25) is 10.0 Å². The van der Waals surface area contributed by atoms with Crippen LogP contribution in [0.15, 0.2) is 58.6 Å². The molecular weight excluding hydrogens is 676 g/mol. The highest BCUT2D eigenvalue weighted by Crippen LogP contribution is 2.35. The fraction of sp³-hybridized carbons (Fsp3) is 0.485. The van der Waals surface area contributed by atoms with Crippen LogP contribution in [0.25, 0.3) is 0 Å². The van der Waals surface area contributed by atoms with Gasteiger partial charge in [-0.2, -0.15) is 4.31 Å². The summed E-state index contributed by atoms with van der Waals surface area (Å²) in [6.45, 7) is 3.71. The molecule has 0 aliphatic carbocycles. The van der Waals surface area contributed by atoms with Gasteiger partial charge >= 0.3 is 18.0 Å².